The Morgan fingerprint density at radius 2 is 2.18 bits per heavy atom. The number of nitrogens with zero attached hydrogens (tertiary/aromatic N) is 2. The maximum Gasteiger partial charge on any atom is 0.124 e. The third-order valence-electron chi connectivity index (χ3n) is 4.21. The summed E-state index contributed by atoms with van der Waals surface area (Å²) < 4.78 is 2.02. The monoisotopic (exact) mass is 300 g/mol. The zero-order valence-corrected chi connectivity index (χ0v) is 12.8. The van der Waals surface area contributed by atoms with Crippen LogP contribution in [0.2, 0.25) is 0 Å². The molecule has 1 aliphatic heterocycles. The summed E-state index contributed by atoms with van der Waals surface area (Å²) in [5.74, 6) is 1.90. The number of aromatic nitrogens is 2. The van der Waals surface area contributed by atoms with E-state index in [0.29, 0.717) is 5.92 Å². The molecule has 0 bridgehead atoms. The van der Waals surface area contributed by atoms with Crippen LogP contribution in [0.5, 0.6) is 0 Å². The quantitative estimate of drug-likeness (QED) is 0.723. The summed E-state index contributed by atoms with van der Waals surface area (Å²) >= 11 is 0. The van der Waals surface area contributed by atoms with Crippen molar-refractivity contribution in [1.29, 1.82) is 0 Å². The van der Waals surface area contributed by atoms with E-state index in [2.05, 4.69) is 27.9 Å². The van der Waals surface area contributed by atoms with Gasteiger partial charge < -0.3 is 15.7 Å². The minimum atomic E-state index is 0.216. The largest absolute Gasteiger partial charge is 0.396 e. The van der Waals surface area contributed by atoms with Crippen molar-refractivity contribution in [2.45, 2.75) is 13.0 Å². The Bertz CT molecular complexity index is 569. The van der Waals surface area contributed by atoms with Crippen LogP contribution in [0.3, 0.4) is 0 Å². The maximum absolute atomic E-state index is 9.56. The standard InChI is InChI=1S/C17H24N4O/c22-13-15(8-14-4-2-1-3-5-14)9-18-10-16-11-19-17-6-7-20-21(17)12-16/h1-7,15-16,18-19,22H,8-13H2/t15-,16+/m0/s1. The number of anilines is 1. The van der Waals surface area contributed by atoms with Crippen molar-refractivity contribution < 1.29 is 5.11 Å². The minimum Gasteiger partial charge on any atom is -0.396 e. The van der Waals surface area contributed by atoms with Gasteiger partial charge in [0.15, 0.2) is 0 Å². The third-order valence-corrected chi connectivity index (χ3v) is 4.21. The van der Waals surface area contributed by atoms with Gasteiger partial charge in [0.1, 0.15) is 5.82 Å². The summed E-state index contributed by atoms with van der Waals surface area (Å²) in [5, 5.41) is 20.8. The van der Waals surface area contributed by atoms with Gasteiger partial charge in [-0.1, -0.05) is 30.3 Å². The number of rotatable bonds is 7. The van der Waals surface area contributed by atoms with Crippen LogP contribution in [0, 0.1) is 11.8 Å². The van der Waals surface area contributed by atoms with Crippen LogP contribution in [-0.4, -0.2) is 41.1 Å². The molecule has 0 fully saturated rings. The predicted octanol–water partition coefficient (Wildman–Crippen LogP) is 1.37. The van der Waals surface area contributed by atoms with Crippen LogP contribution < -0.4 is 10.6 Å². The first-order valence-electron chi connectivity index (χ1n) is 7.96. The van der Waals surface area contributed by atoms with Gasteiger partial charge in [-0.15, -0.1) is 0 Å². The number of aliphatic hydroxyl groups is 1. The van der Waals surface area contributed by atoms with Crippen LogP contribution >= 0.6 is 0 Å². The van der Waals surface area contributed by atoms with Crippen LogP contribution in [0.15, 0.2) is 42.6 Å². The molecule has 2 aromatic rings. The first-order chi connectivity index (χ1) is 10.8. The number of nitrogens with one attached hydrogen (secondary N) is 2. The highest BCUT2D eigenvalue weighted by Gasteiger charge is 2.18. The molecular weight excluding hydrogens is 276 g/mol. The molecule has 0 spiro atoms. The first kappa shape index (κ1) is 15.1. The van der Waals surface area contributed by atoms with Crippen LogP contribution in [0.4, 0.5) is 5.82 Å². The molecule has 22 heavy (non-hydrogen) atoms. The lowest BCUT2D eigenvalue weighted by Gasteiger charge is -2.26. The summed E-state index contributed by atoms with van der Waals surface area (Å²) in [4.78, 5) is 0. The number of fused-ring (bicyclic) bond motifs is 1. The van der Waals surface area contributed by atoms with Crippen molar-refractivity contribution in [2.24, 2.45) is 11.8 Å². The van der Waals surface area contributed by atoms with Crippen LogP contribution in [0.1, 0.15) is 5.56 Å². The molecule has 5 heteroatoms. The summed E-state index contributed by atoms with van der Waals surface area (Å²) in [6, 6.07) is 12.4. The molecule has 1 aromatic heterocycles. The van der Waals surface area contributed by atoms with Crippen molar-refractivity contribution in [3.63, 3.8) is 0 Å². The van der Waals surface area contributed by atoms with Crippen molar-refractivity contribution in [2.75, 3.05) is 31.6 Å². The lowest BCUT2D eigenvalue weighted by Crippen LogP contribution is -2.37. The van der Waals surface area contributed by atoms with Gasteiger partial charge in [-0.2, -0.15) is 5.10 Å². The second-order valence-electron chi connectivity index (χ2n) is 6.04. The van der Waals surface area contributed by atoms with Gasteiger partial charge in [-0.25, -0.2) is 4.68 Å². The Morgan fingerprint density at radius 1 is 1.32 bits per heavy atom. The summed E-state index contributed by atoms with van der Waals surface area (Å²) in [6.07, 6.45) is 2.75. The minimum absolute atomic E-state index is 0.216. The highest BCUT2D eigenvalue weighted by molar-refractivity contribution is 5.35. The van der Waals surface area contributed by atoms with Crippen molar-refractivity contribution in [1.82, 2.24) is 15.1 Å². The number of benzene rings is 1. The molecule has 0 amide bonds. The zero-order valence-electron chi connectivity index (χ0n) is 12.8. The molecule has 1 aromatic carbocycles. The lowest BCUT2D eigenvalue weighted by atomic mass is 9.99. The topological polar surface area (TPSA) is 62.1 Å². The SMILES string of the molecule is OC[C@H](CNC[C@@H]1CNc2ccnn2C1)Cc1ccccc1. The molecule has 0 radical (unpaired) electrons. The fourth-order valence-corrected chi connectivity index (χ4v) is 2.96. The first-order valence-corrected chi connectivity index (χ1v) is 7.96. The Morgan fingerprint density at radius 3 is 3.00 bits per heavy atom. The number of aliphatic hydroxyl groups excluding tert-OH is 1. The number of hydrogen-bond acceptors (Lipinski definition) is 4. The van der Waals surface area contributed by atoms with Gasteiger partial charge in [0.25, 0.3) is 0 Å². The van der Waals surface area contributed by atoms with Crippen LogP contribution in [0.25, 0.3) is 0 Å². The third kappa shape index (κ3) is 3.87. The normalized spacial score (nSPS) is 18.5. The smallest absolute Gasteiger partial charge is 0.124 e. The Hall–Kier alpha value is -1.85. The molecule has 1 aliphatic rings. The molecule has 3 rings (SSSR count). The van der Waals surface area contributed by atoms with Crippen molar-refractivity contribution >= 4 is 5.82 Å². The van der Waals surface area contributed by atoms with E-state index in [0.717, 1.165) is 38.4 Å². The van der Waals surface area contributed by atoms with E-state index in [1.165, 1.54) is 5.56 Å². The molecule has 0 saturated heterocycles. The molecule has 2 atom stereocenters. The fourth-order valence-electron chi connectivity index (χ4n) is 2.96. The second kappa shape index (κ2) is 7.42. The molecule has 0 saturated carbocycles. The number of hydrogen-bond donors (Lipinski definition) is 3. The average Bonchev–Trinajstić information content (AvgIpc) is 3.02. The molecule has 5 nitrogen and oxygen atoms in total. The van der Waals surface area contributed by atoms with E-state index < -0.39 is 0 Å². The van der Waals surface area contributed by atoms with E-state index in [-0.39, 0.29) is 12.5 Å². The Labute approximate surface area is 131 Å². The van der Waals surface area contributed by atoms with Gasteiger partial charge in [-0.3, -0.25) is 0 Å². The molecule has 3 N–H and O–H groups in total. The van der Waals surface area contributed by atoms with Crippen molar-refractivity contribution in [3.05, 3.63) is 48.2 Å². The van der Waals surface area contributed by atoms with Gasteiger partial charge in [0.2, 0.25) is 0 Å². The van der Waals surface area contributed by atoms with E-state index in [1.54, 1.807) is 0 Å². The molecule has 2 heterocycles. The highest BCUT2D eigenvalue weighted by atomic mass is 16.3. The summed E-state index contributed by atoms with van der Waals surface area (Å²) in [5.41, 5.74) is 1.28. The van der Waals surface area contributed by atoms with Gasteiger partial charge in [0, 0.05) is 44.8 Å². The lowest BCUT2D eigenvalue weighted by molar-refractivity contribution is 0.219. The van der Waals surface area contributed by atoms with Gasteiger partial charge in [-0.05, 0) is 17.9 Å². The Kier molecular flexibility index (Phi) is 5.08. The van der Waals surface area contributed by atoms with Crippen molar-refractivity contribution in [3.8, 4) is 0 Å². The highest BCUT2D eigenvalue weighted by Crippen LogP contribution is 2.15. The fraction of sp³-hybridized carbons (Fsp3) is 0.471. The average molecular weight is 300 g/mol. The maximum atomic E-state index is 9.56. The predicted molar refractivity (Wildman–Crippen MR) is 87.8 cm³/mol. The molecule has 118 valence electrons. The van der Waals surface area contributed by atoms with E-state index >= 15 is 0 Å². The van der Waals surface area contributed by atoms with Crippen LogP contribution in [-0.2, 0) is 13.0 Å². The van der Waals surface area contributed by atoms with Gasteiger partial charge >= 0.3 is 0 Å². The zero-order chi connectivity index (χ0) is 15.2. The van der Waals surface area contributed by atoms with E-state index in [9.17, 15) is 5.11 Å². The second-order valence-corrected chi connectivity index (χ2v) is 6.04. The van der Waals surface area contributed by atoms with E-state index in [1.807, 2.05) is 35.1 Å². The Balaban J connectivity index is 1.42. The van der Waals surface area contributed by atoms with Gasteiger partial charge in [0.05, 0.1) is 6.20 Å². The molecular formula is C17H24N4O. The molecule has 0 aliphatic carbocycles. The summed E-state index contributed by atoms with van der Waals surface area (Å²) in [6.45, 7) is 3.92. The summed E-state index contributed by atoms with van der Waals surface area (Å²) in [7, 11) is 0. The van der Waals surface area contributed by atoms with E-state index in [4.69, 9.17) is 0 Å². The molecule has 0 unspecified atom stereocenters.